The number of nitrogens with zero attached hydrogens (tertiary/aromatic N) is 1. The lowest BCUT2D eigenvalue weighted by Gasteiger charge is -2.29. The van der Waals surface area contributed by atoms with E-state index in [4.69, 9.17) is 9.15 Å². The van der Waals surface area contributed by atoms with Crippen molar-refractivity contribution >= 4 is 26.7 Å². The molecule has 1 saturated heterocycles. The van der Waals surface area contributed by atoms with Gasteiger partial charge in [0.1, 0.15) is 11.3 Å². The number of rotatable bonds is 3. The molecular formula is C16H17NO6S. The van der Waals surface area contributed by atoms with Crippen LogP contribution >= 0.6 is 0 Å². The van der Waals surface area contributed by atoms with Crippen molar-refractivity contribution < 1.29 is 22.4 Å². The molecule has 8 heteroatoms. The molecule has 0 aliphatic carbocycles. The molecule has 2 heterocycles. The number of carbonyl (C=O) groups is 1. The predicted octanol–water partition coefficient (Wildman–Crippen LogP) is 0.817. The van der Waals surface area contributed by atoms with Gasteiger partial charge in [0.25, 0.3) is 5.91 Å². The second-order valence-corrected chi connectivity index (χ2v) is 7.99. The molecule has 1 atom stereocenters. The van der Waals surface area contributed by atoms with E-state index in [0.29, 0.717) is 11.3 Å². The molecule has 1 fully saturated rings. The summed E-state index contributed by atoms with van der Waals surface area (Å²) in [5.41, 5.74) is -0.0815. The number of hydrogen-bond donors (Lipinski definition) is 0. The zero-order valence-electron chi connectivity index (χ0n) is 13.1. The number of amides is 1. The molecule has 0 saturated carbocycles. The first kappa shape index (κ1) is 16.5. The van der Waals surface area contributed by atoms with E-state index in [1.54, 1.807) is 31.2 Å². The van der Waals surface area contributed by atoms with Gasteiger partial charge in [0.2, 0.25) is 0 Å². The fourth-order valence-corrected chi connectivity index (χ4v) is 3.76. The molecule has 1 amide bonds. The smallest absolute Gasteiger partial charge is 0.336 e. The Morgan fingerprint density at radius 1 is 1.21 bits per heavy atom. The van der Waals surface area contributed by atoms with Crippen molar-refractivity contribution in [3.05, 3.63) is 40.8 Å². The molecule has 0 spiro atoms. The van der Waals surface area contributed by atoms with Crippen LogP contribution in [-0.4, -0.2) is 49.9 Å². The van der Waals surface area contributed by atoms with Crippen molar-refractivity contribution in [2.45, 2.75) is 13.0 Å². The molecule has 24 heavy (non-hydrogen) atoms. The molecule has 0 N–H and O–H groups in total. The highest BCUT2D eigenvalue weighted by Gasteiger charge is 2.28. The van der Waals surface area contributed by atoms with Gasteiger partial charge in [-0.25, -0.2) is 13.2 Å². The Bertz CT molecular complexity index is 919. The van der Waals surface area contributed by atoms with Crippen molar-refractivity contribution in [3.63, 3.8) is 0 Å². The van der Waals surface area contributed by atoms with Crippen LogP contribution in [0.3, 0.4) is 0 Å². The van der Waals surface area contributed by atoms with Crippen molar-refractivity contribution in [2.24, 2.45) is 0 Å². The van der Waals surface area contributed by atoms with E-state index in [-0.39, 0.29) is 30.5 Å². The van der Waals surface area contributed by atoms with Crippen LogP contribution in [0.25, 0.3) is 11.0 Å². The normalized spacial score (nSPS) is 18.3. The van der Waals surface area contributed by atoms with Gasteiger partial charge >= 0.3 is 5.63 Å². The van der Waals surface area contributed by atoms with Gasteiger partial charge in [0, 0.05) is 30.6 Å². The van der Waals surface area contributed by atoms with E-state index in [9.17, 15) is 18.0 Å². The summed E-state index contributed by atoms with van der Waals surface area (Å²) in [4.78, 5) is 25.1. The zero-order chi connectivity index (χ0) is 17.3. The lowest BCUT2D eigenvalue weighted by Crippen LogP contribution is -2.48. The minimum atomic E-state index is -3.04. The summed E-state index contributed by atoms with van der Waals surface area (Å²) >= 11 is 0. The maximum atomic E-state index is 12.4. The molecule has 1 aliphatic heterocycles. The Labute approximate surface area is 138 Å². The Morgan fingerprint density at radius 3 is 2.58 bits per heavy atom. The molecule has 1 aromatic heterocycles. The van der Waals surface area contributed by atoms with Crippen molar-refractivity contribution in [1.29, 1.82) is 0 Å². The molecule has 7 nitrogen and oxygen atoms in total. The van der Waals surface area contributed by atoms with E-state index >= 15 is 0 Å². The summed E-state index contributed by atoms with van der Waals surface area (Å²) in [6, 6.07) is 7.96. The van der Waals surface area contributed by atoms with Crippen molar-refractivity contribution in [2.75, 3.05) is 24.6 Å². The second kappa shape index (κ2) is 6.27. The highest BCUT2D eigenvalue weighted by atomic mass is 32.2. The minimum absolute atomic E-state index is 0.0212. The number of benzene rings is 1. The molecule has 1 unspecified atom stereocenters. The summed E-state index contributed by atoms with van der Waals surface area (Å²) in [5, 5.41) is 0.752. The predicted molar refractivity (Wildman–Crippen MR) is 87.8 cm³/mol. The van der Waals surface area contributed by atoms with Crippen LogP contribution < -0.4 is 10.4 Å². The molecule has 2 aromatic rings. The number of carbonyl (C=O) groups excluding carboxylic acids is 1. The third-order valence-electron chi connectivity index (χ3n) is 3.91. The zero-order valence-corrected chi connectivity index (χ0v) is 13.9. The second-order valence-electron chi connectivity index (χ2n) is 5.69. The summed E-state index contributed by atoms with van der Waals surface area (Å²) in [6.45, 7) is 1.97. The van der Waals surface area contributed by atoms with E-state index in [2.05, 4.69) is 0 Å². The number of ether oxygens (including phenoxy) is 1. The SMILES string of the molecule is CC(Oc1ccc2ccc(=O)oc2c1)C(=O)N1CCS(=O)(=O)CC1. The van der Waals surface area contributed by atoms with E-state index < -0.39 is 21.6 Å². The van der Waals surface area contributed by atoms with Gasteiger partial charge < -0.3 is 14.1 Å². The first-order valence-corrected chi connectivity index (χ1v) is 9.36. The Hall–Kier alpha value is -2.35. The fraction of sp³-hybridized carbons (Fsp3) is 0.375. The van der Waals surface area contributed by atoms with Crippen LogP contribution in [0.4, 0.5) is 0 Å². The average Bonchev–Trinajstić information content (AvgIpc) is 2.53. The van der Waals surface area contributed by atoms with E-state index in [1.807, 2.05) is 0 Å². The molecule has 1 aliphatic rings. The van der Waals surface area contributed by atoms with Gasteiger partial charge in [-0.05, 0) is 25.1 Å². The molecular weight excluding hydrogens is 334 g/mol. The maximum Gasteiger partial charge on any atom is 0.336 e. The third-order valence-corrected chi connectivity index (χ3v) is 5.52. The van der Waals surface area contributed by atoms with Crippen LogP contribution in [0.1, 0.15) is 6.92 Å². The van der Waals surface area contributed by atoms with Crippen molar-refractivity contribution in [1.82, 2.24) is 4.90 Å². The topological polar surface area (TPSA) is 93.9 Å². The van der Waals surface area contributed by atoms with Crippen LogP contribution in [0.2, 0.25) is 0 Å². The minimum Gasteiger partial charge on any atom is -0.481 e. The van der Waals surface area contributed by atoms with Crippen LogP contribution in [0, 0.1) is 0 Å². The molecule has 1 aromatic carbocycles. The monoisotopic (exact) mass is 351 g/mol. The fourth-order valence-electron chi connectivity index (χ4n) is 2.56. The summed E-state index contributed by atoms with van der Waals surface area (Å²) < 4.78 is 33.6. The summed E-state index contributed by atoms with van der Waals surface area (Å²) in [5.74, 6) is 0.0981. The Morgan fingerprint density at radius 2 is 1.88 bits per heavy atom. The standard InChI is InChI=1S/C16H17NO6S/c1-11(16(19)17-6-8-24(20,21)9-7-17)22-13-4-2-12-3-5-15(18)23-14(12)10-13/h2-5,10-11H,6-9H2,1H3. The average molecular weight is 351 g/mol. The quantitative estimate of drug-likeness (QED) is 0.760. The highest BCUT2D eigenvalue weighted by molar-refractivity contribution is 7.91. The third kappa shape index (κ3) is 3.59. The van der Waals surface area contributed by atoms with Gasteiger partial charge in [-0.3, -0.25) is 4.79 Å². The van der Waals surface area contributed by atoms with Crippen LogP contribution in [0.5, 0.6) is 5.75 Å². The molecule has 0 radical (unpaired) electrons. The summed E-state index contributed by atoms with van der Waals surface area (Å²) in [6.07, 6.45) is -0.765. The van der Waals surface area contributed by atoms with Gasteiger partial charge in [-0.1, -0.05) is 0 Å². The van der Waals surface area contributed by atoms with E-state index in [1.165, 1.54) is 11.0 Å². The molecule has 128 valence electrons. The van der Waals surface area contributed by atoms with Crippen molar-refractivity contribution in [3.8, 4) is 5.75 Å². The Kier molecular flexibility index (Phi) is 4.31. The van der Waals surface area contributed by atoms with Gasteiger partial charge in [-0.15, -0.1) is 0 Å². The van der Waals surface area contributed by atoms with Gasteiger partial charge in [0.15, 0.2) is 15.9 Å². The molecule has 0 bridgehead atoms. The summed E-state index contributed by atoms with van der Waals surface area (Å²) in [7, 11) is -3.04. The van der Waals surface area contributed by atoms with Crippen LogP contribution in [0.15, 0.2) is 39.5 Å². The highest BCUT2D eigenvalue weighted by Crippen LogP contribution is 2.21. The Balaban J connectivity index is 1.71. The van der Waals surface area contributed by atoms with Gasteiger partial charge in [0.05, 0.1) is 11.5 Å². The van der Waals surface area contributed by atoms with E-state index in [0.717, 1.165) is 5.39 Å². The lowest BCUT2D eigenvalue weighted by atomic mass is 10.2. The number of fused-ring (bicyclic) bond motifs is 1. The van der Waals surface area contributed by atoms with Gasteiger partial charge in [-0.2, -0.15) is 0 Å². The number of sulfone groups is 1. The largest absolute Gasteiger partial charge is 0.481 e. The first-order valence-electron chi connectivity index (χ1n) is 7.54. The lowest BCUT2D eigenvalue weighted by molar-refractivity contribution is -0.137. The number of hydrogen-bond acceptors (Lipinski definition) is 6. The first-order chi connectivity index (χ1) is 11.3. The molecule has 3 rings (SSSR count). The maximum absolute atomic E-state index is 12.4. The van der Waals surface area contributed by atoms with Crippen LogP contribution in [-0.2, 0) is 14.6 Å².